The van der Waals surface area contributed by atoms with Gasteiger partial charge in [0.25, 0.3) is 5.91 Å². The van der Waals surface area contributed by atoms with E-state index in [9.17, 15) is 14.0 Å². The SMILES string of the molecule is CNC(=O)[C@H]1CCN(C(=O)c2ccc(F)c(OC)c2)C1. The second-order valence-electron chi connectivity index (χ2n) is 4.70. The quantitative estimate of drug-likeness (QED) is 0.900. The van der Waals surface area contributed by atoms with E-state index in [1.807, 2.05) is 0 Å². The summed E-state index contributed by atoms with van der Waals surface area (Å²) in [6, 6.07) is 4.01. The largest absolute Gasteiger partial charge is 0.494 e. The van der Waals surface area contributed by atoms with Crippen molar-refractivity contribution in [3.05, 3.63) is 29.6 Å². The molecule has 6 heteroatoms. The minimum absolute atomic E-state index is 0.0397. The molecule has 0 radical (unpaired) electrons. The topological polar surface area (TPSA) is 58.6 Å². The molecule has 20 heavy (non-hydrogen) atoms. The van der Waals surface area contributed by atoms with Crippen LogP contribution in [0.3, 0.4) is 0 Å². The van der Waals surface area contributed by atoms with Gasteiger partial charge in [0.15, 0.2) is 11.6 Å². The number of halogens is 1. The number of carbonyl (C=O) groups excluding carboxylic acids is 2. The fourth-order valence-electron chi connectivity index (χ4n) is 2.34. The highest BCUT2D eigenvalue weighted by Crippen LogP contribution is 2.22. The van der Waals surface area contributed by atoms with Crippen molar-refractivity contribution >= 4 is 11.8 Å². The molecule has 2 rings (SSSR count). The maximum absolute atomic E-state index is 13.3. The Bertz CT molecular complexity index is 533. The Morgan fingerprint density at radius 3 is 2.85 bits per heavy atom. The third kappa shape index (κ3) is 2.74. The van der Waals surface area contributed by atoms with Crippen LogP contribution in [-0.4, -0.2) is 44.0 Å². The Morgan fingerprint density at radius 2 is 2.20 bits per heavy atom. The zero-order valence-corrected chi connectivity index (χ0v) is 11.5. The lowest BCUT2D eigenvalue weighted by Crippen LogP contribution is -2.33. The summed E-state index contributed by atoms with van der Waals surface area (Å²) in [5.74, 6) is -0.912. The average Bonchev–Trinajstić information content (AvgIpc) is 2.96. The van der Waals surface area contributed by atoms with Gasteiger partial charge >= 0.3 is 0 Å². The maximum Gasteiger partial charge on any atom is 0.254 e. The van der Waals surface area contributed by atoms with Crippen molar-refractivity contribution in [3.8, 4) is 5.75 Å². The summed E-state index contributed by atoms with van der Waals surface area (Å²) in [6.45, 7) is 0.912. The van der Waals surface area contributed by atoms with Crippen molar-refractivity contribution in [3.63, 3.8) is 0 Å². The molecule has 2 amide bonds. The summed E-state index contributed by atoms with van der Waals surface area (Å²) in [5, 5.41) is 2.59. The van der Waals surface area contributed by atoms with E-state index >= 15 is 0 Å². The Hall–Kier alpha value is -2.11. The molecule has 1 heterocycles. The molecule has 0 unspecified atom stereocenters. The molecule has 1 aromatic carbocycles. The molecule has 1 aliphatic rings. The van der Waals surface area contributed by atoms with Gasteiger partial charge in [-0.2, -0.15) is 0 Å². The number of carbonyl (C=O) groups is 2. The van der Waals surface area contributed by atoms with Crippen LogP contribution in [-0.2, 0) is 4.79 Å². The highest BCUT2D eigenvalue weighted by Gasteiger charge is 2.31. The monoisotopic (exact) mass is 280 g/mol. The lowest BCUT2D eigenvalue weighted by atomic mass is 10.1. The van der Waals surface area contributed by atoms with E-state index in [1.165, 1.54) is 25.3 Å². The molecule has 0 aromatic heterocycles. The predicted molar refractivity (Wildman–Crippen MR) is 71.0 cm³/mol. The van der Waals surface area contributed by atoms with Crippen molar-refractivity contribution in [2.45, 2.75) is 6.42 Å². The second kappa shape index (κ2) is 5.90. The molecule has 5 nitrogen and oxygen atoms in total. The number of nitrogens with one attached hydrogen (secondary N) is 1. The number of hydrogen-bond acceptors (Lipinski definition) is 3. The zero-order chi connectivity index (χ0) is 14.7. The number of likely N-dealkylation sites (tertiary alicyclic amines) is 1. The van der Waals surface area contributed by atoms with Crippen molar-refractivity contribution in [2.75, 3.05) is 27.2 Å². The van der Waals surface area contributed by atoms with E-state index in [0.29, 0.717) is 25.1 Å². The minimum Gasteiger partial charge on any atom is -0.494 e. The van der Waals surface area contributed by atoms with Crippen LogP contribution in [0.2, 0.25) is 0 Å². The van der Waals surface area contributed by atoms with Crippen LogP contribution >= 0.6 is 0 Å². The van der Waals surface area contributed by atoms with Crippen molar-refractivity contribution in [1.82, 2.24) is 10.2 Å². The van der Waals surface area contributed by atoms with Gasteiger partial charge in [0, 0.05) is 25.7 Å². The van der Waals surface area contributed by atoms with E-state index in [2.05, 4.69) is 5.32 Å². The number of methoxy groups -OCH3 is 1. The van der Waals surface area contributed by atoms with Gasteiger partial charge in [-0.15, -0.1) is 0 Å². The molecular weight excluding hydrogens is 263 g/mol. The molecule has 108 valence electrons. The van der Waals surface area contributed by atoms with E-state index in [-0.39, 0.29) is 23.5 Å². The summed E-state index contributed by atoms with van der Waals surface area (Å²) < 4.78 is 18.2. The summed E-state index contributed by atoms with van der Waals surface area (Å²) in [5.41, 5.74) is 0.362. The predicted octanol–water partition coefficient (Wildman–Crippen LogP) is 1.04. The first-order valence-electron chi connectivity index (χ1n) is 6.41. The first-order valence-corrected chi connectivity index (χ1v) is 6.41. The highest BCUT2D eigenvalue weighted by molar-refractivity contribution is 5.95. The van der Waals surface area contributed by atoms with Gasteiger partial charge in [0.1, 0.15) is 0 Å². The van der Waals surface area contributed by atoms with E-state index in [1.54, 1.807) is 11.9 Å². The van der Waals surface area contributed by atoms with Crippen LogP contribution in [0.5, 0.6) is 5.75 Å². The Morgan fingerprint density at radius 1 is 1.45 bits per heavy atom. The van der Waals surface area contributed by atoms with Gasteiger partial charge in [0.2, 0.25) is 5.91 Å². The van der Waals surface area contributed by atoms with Crippen molar-refractivity contribution in [2.24, 2.45) is 5.92 Å². The van der Waals surface area contributed by atoms with Crippen molar-refractivity contribution in [1.29, 1.82) is 0 Å². The lowest BCUT2D eigenvalue weighted by Gasteiger charge is -2.16. The molecule has 0 bridgehead atoms. The fraction of sp³-hybridized carbons (Fsp3) is 0.429. The van der Waals surface area contributed by atoms with Gasteiger partial charge in [-0.25, -0.2) is 4.39 Å². The molecule has 1 aromatic rings. The second-order valence-corrected chi connectivity index (χ2v) is 4.70. The van der Waals surface area contributed by atoms with Gasteiger partial charge in [-0.3, -0.25) is 9.59 Å². The van der Waals surface area contributed by atoms with E-state index < -0.39 is 5.82 Å². The maximum atomic E-state index is 13.3. The van der Waals surface area contributed by atoms with E-state index in [0.717, 1.165) is 0 Å². The number of hydrogen-bond donors (Lipinski definition) is 1. The van der Waals surface area contributed by atoms with Crippen LogP contribution in [0.4, 0.5) is 4.39 Å². The summed E-state index contributed by atoms with van der Waals surface area (Å²) in [6.07, 6.45) is 0.643. The number of ether oxygens (including phenoxy) is 1. The number of amides is 2. The molecule has 1 aliphatic heterocycles. The first-order chi connectivity index (χ1) is 9.56. The molecule has 0 spiro atoms. The van der Waals surface area contributed by atoms with Gasteiger partial charge in [-0.1, -0.05) is 0 Å². The van der Waals surface area contributed by atoms with Crippen molar-refractivity contribution < 1.29 is 18.7 Å². The third-order valence-electron chi connectivity index (χ3n) is 3.49. The van der Waals surface area contributed by atoms with E-state index in [4.69, 9.17) is 4.74 Å². The lowest BCUT2D eigenvalue weighted by molar-refractivity contribution is -0.124. The molecule has 1 saturated heterocycles. The standard InChI is InChI=1S/C14H17FN2O3/c1-16-13(18)10-5-6-17(8-10)14(19)9-3-4-11(15)12(7-9)20-2/h3-4,7,10H,5-6,8H2,1-2H3,(H,16,18)/t10-/m0/s1. The normalized spacial score (nSPS) is 17.9. The molecule has 0 aliphatic carbocycles. The van der Waals surface area contributed by atoms with Crippen LogP contribution < -0.4 is 10.1 Å². The molecule has 0 saturated carbocycles. The Balaban J connectivity index is 2.11. The molecule has 1 fully saturated rings. The van der Waals surface area contributed by atoms with Gasteiger partial charge < -0.3 is 15.0 Å². The van der Waals surface area contributed by atoms with Crippen LogP contribution in [0.1, 0.15) is 16.8 Å². The first kappa shape index (κ1) is 14.3. The Labute approximate surface area is 116 Å². The van der Waals surface area contributed by atoms with Crippen LogP contribution in [0.25, 0.3) is 0 Å². The molecule has 1 N–H and O–H groups in total. The number of benzene rings is 1. The molecular formula is C14H17FN2O3. The van der Waals surface area contributed by atoms with Crippen LogP contribution in [0, 0.1) is 11.7 Å². The average molecular weight is 280 g/mol. The Kier molecular flexibility index (Phi) is 4.22. The smallest absolute Gasteiger partial charge is 0.254 e. The molecule has 1 atom stereocenters. The van der Waals surface area contributed by atoms with Crippen LogP contribution in [0.15, 0.2) is 18.2 Å². The van der Waals surface area contributed by atoms with Gasteiger partial charge in [-0.05, 0) is 24.6 Å². The summed E-state index contributed by atoms with van der Waals surface area (Å²) >= 11 is 0. The highest BCUT2D eigenvalue weighted by atomic mass is 19.1. The fourth-order valence-corrected chi connectivity index (χ4v) is 2.34. The zero-order valence-electron chi connectivity index (χ0n) is 11.5. The third-order valence-corrected chi connectivity index (χ3v) is 3.49. The number of nitrogens with zero attached hydrogens (tertiary/aromatic N) is 1. The van der Waals surface area contributed by atoms with Gasteiger partial charge in [0.05, 0.1) is 13.0 Å². The summed E-state index contributed by atoms with van der Waals surface area (Å²) in [7, 11) is 2.93. The number of rotatable bonds is 3. The minimum atomic E-state index is -0.506. The summed E-state index contributed by atoms with van der Waals surface area (Å²) in [4.78, 5) is 25.4.